The molecule has 3 unspecified atom stereocenters. The van der Waals surface area contributed by atoms with Gasteiger partial charge in [0.05, 0.1) is 26.4 Å². The minimum absolute atomic E-state index is 0.0188. The van der Waals surface area contributed by atoms with Gasteiger partial charge in [0.25, 0.3) is 0 Å². The molecule has 0 amide bonds. The molecular weight excluding hydrogens is 655 g/mol. The standard InChI is InChI=1S/C40H71O9P/c1-3-5-7-9-11-13-15-16-17-18-19-20-21-23-25-27-29-31-33-46-36-39(37-48-50(44,45)47-35-38(42)34-41)49-40(43)32-30-28-26-24-22-14-12-10-8-6-4-2/h5,7,11,13,16-17,19-20,23,25,38-39,41-42H,3-4,6,8-10,12,14-15,18,21-22,24,26-37H2,1-2H3,(H,44,45)/b7-5-,13-11-,17-16-,20-19-,25-23-. The highest BCUT2D eigenvalue weighted by atomic mass is 31.2. The van der Waals surface area contributed by atoms with Crippen LogP contribution in [0.5, 0.6) is 0 Å². The van der Waals surface area contributed by atoms with Crippen LogP contribution in [0, 0.1) is 0 Å². The van der Waals surface area contributed by atoms with E-state index >= 15 is 0 Å². The van der Waals surface area contributed by atoms with Crippen LogP contribution in [0.15, 0.2) is 60.8 Å². The molecule has 0 aromatic rings. The van der Waals surface area contributed by atoms with Gasteiger partial charge in [-0.1, -0.05) is 139 Å². The molecule has 3 N–H and O–H groups in total. The molecule has 0 spiro atoms. The maximum Gasteiger partial charge on any atom is 0.472 e. The number of rotatable bonds is 36. The first kappa shape index (κ1) is 48.2. The number of aliphatic hydroxyl groups excluding tert-OH is 2. The maximum absolute atomic E-state index is 12.5. The second-order valence-corrected chi connectivity index (χ2v) is 14.0. The Balaban J connectivity index is 4.31. The second-order valence-electron chi connectivity index (χ2n) is 12.6. The molecule has 0 saturated heterocycles. The van der Waals surface area contributed by atoms with Crippen LogP contribution < -0.4 is 0 Å². The van der Waals surface area contributed by atoms with Gasteiger partial charge in [0.2, 0.25) is 0 Å². The van der Waals surface area contributed by atoms with Crippen LogP contribution in [0.1, 0.15) is 142 Å². The number of allylic oxidation sites excluding steroid dienone is 10. The summed E-state index contributed by atoms with van der Waals surface area (Å²) >= 11 is 0. The van der Waals surface area contributed by atoms with Crippen LogP contribution in [0.4, 0.5) is 0 Å². The minimum atomic E-state index is -4.52. The molecule has 10 heteroatoms. The van der Waals surface area contributed by atoms with Crippen molar-refractivity contribution in [1.29, 1.82) is 0 Å². The number of phosphoric acid groups is 1. The summed E-state index contributed by atoms with van der Waals surface area (Å²) < 4.78 is 33.2. The molecule has 3 atom stereocenters. The first-order valence-corrected chi connectivity index (χ1v) is 20.8. The highest BCUT2D eigenvalue weighted by Crippen LogP contribution is 2.43. The van der Waals surface area contributed by atoms with Crippen LogP contribution in [0.3, 0.4) is 0 Å². The van der Waals surface area contributed by atoms with Crippen molar-refractivity contribution in [2.24, 2.45) is 0 Å². The second kappa shape index (κ2) is 36.9. The lowest BCUT2D eigenvalue weighted by Gasteiger charge is -2.20. The highest BCUT2D eigenvalue weighted by molar-refractivity contribution is 7.47. The van der Waals surface area contributed by atoms with Gasteiger partial charge in [0, 0.05) is 13.0 Å². The van der Waals surface area contributed by atoms with Crippen molar-refractivity contribution < 1.29 is 43.0 Å². The summed E-state index contributed by atoms with van der Waals surface area (Å²) in [7, 11) is -4.52. The molecule has 0 heterocycles. The predicted octanol–water partition coefficient (Wildman–Crippen LogP) is 10.0. The summed E-state index contributed by atoms with van der Waals surface area (Å²) in [6.45, 7) is 3.26. The zero-order valence-corrected chi connectivity index (χ0v) is 32.2. The van der Waals surface area contributed by atoms with Crippen molar-refractivity contribution in [3.05, 3.63) is 60.8 Å². The van der Waals surface area contributed by atoms with E-state index in [9.17, 15) is 19.4 Å². The number of hydrogen-bond acceptors (Lipinski definition) is 8. The summed E-state index contributed by atoms with van der Waals surface area (Å²) in [4.78, 5) is 22.4. The molecule has 0 radical (unpaired) electrons. The molecule has 0 rings (SSSR count). The average molecular weight is 727 g/mol. The smallest absolute Gasteiger partial charge is 0.457 e. The van der Waals surface area contributed by atoms with E-state index in [-0.39, 0.29) is 13.0 Å². The van der Waals surface area contributed by atoms with Gasteiger partial charge in [-0.15, -0.1) is 0 Å². The molecule has 0 saturated carbocycles. The van der Waals surface area contributed by atoms with Crippen molar-refractivity contribution in [2.75, 3.05) is 33.0 Å². The SMILES string of the molecule is CC/C=C\C/C=C\C/C=C\C/C=C\C/C=C\CCCCOCC(COP(=O)(O)OCC(O)CO)OC(=O)CCCCCCCCCCCCC. The van der Waals surface area contributed by atoms with E-state index in [4.69, 9.17) is 23.6 Å². The fraction of sp³-hybridized carbons (Fsp3) is 0.725. The Morgan fingerprint density at radius 3 is 1.68 bits per heavy atom. The molecule has 0 aliphatic heterocycles. The van der Waals surface area contributed by atoms with Crippen molar-refractivity contribution in [3.63, 3.8) is 0 Å². The first-order valence-electron chi connectivity index (χ1n) is 19.3. The van der Waals surface area contributed by atoms with Gasteiger partial charge >= 0.3 is 13.8 Å². The van der Waals surface area contributed by atoms with E-state index in [0.717, 1.165) is 70.6 Å². The zero-order valence-electron chi connectivity index (χ0n) is 31.3. The van der Waals surface area contributed by atoms with Crippen molar-refractivity contribution in [3.8, 4) is 0 Å². The zero-order chi connectivity index (χ0) is 36.8. The molecule has 9 nitrogen and oxygen atoms in total. The number of carbonyl (C=O) groups excluding carboxylic acids is 1. The van der Waals surface area contributed by atoms with Crippen LogP contribution in [0.2, 0.25) is 0 Å². The predicted molar refractivity (Wildman–Crippen MR) is 205 cm³/mol. The Morgan fingerprint density at radius 1 is 0.640 bits per heavy atom. The van der Waals surface area contributed by atoms with Crippen LogP contribution >= 0.6 is 7.82 Å². The Bertz CT molecular complexity index is 960. The van der Waals surface area contributed by atoms with Gasteiger partial charge < -0.3 is 24.6 Å². The van der Waals surface area contributed by atoms with Gasteiger partial charge in [-0.2, -0.15) is 0 Å². The summed E-state index contributed by atoms with van der Waals surface area (Å²) in [6, 6.07) is 0. The van der Waals surface area contributed by atoms with Gasteiger partial charge in [0.1, 0.15) is 12.2 Å². The van der Waals surface area contributed by atoms with E-state index < -0.39 is 45.8 Å². The van der Waals surface area contributed by atoms with E-state index in [0.29, 0.717) is 6.61 Å². The maximum atomic E-state index is 12.5. The lowest BCUT2D eigenvalue weighted by molar-refractivity contribution is -0.154. The molecule has 0 aromatic carbocycles. The number of carbonyl (C=O) groups is 1. The topological polar surface area (TPSA) is 132 Å². The van der Waals surface area contributed by atoms with Gasteiger partial charge in [-0.3, -0.25) is 13.8 Å². The summed E-state index contributed by atoms with van der Waals surface area (Å²) in [5.41, 5.74) is 0. The summed E-state index contributed by atoms with van der Waals surface area (Å²) in [5.74, 6) is -0.402. The molecule has 0 aromatic heterocycles. The highest BCUT2D eigenvalue weighted by Gasteiger charge is 2.26. The number of unbranched alkanes of at least 4 members (excludes halogenated alkanes) is 12. The Hall–Kier alpha value is -1.84. The lowest BCUT2D eigenvalue weighted by atomic mass is 10.1. The lowest BCUT2D eigenvalue weighted by Crippen LogP contribution is -2.29. The van der Waals surface area contributed by atoms with E-state index in [1.807, 2.05) is 0 Å². The van der Waals surface area contributed by atoms with Gasteiger partial charge in [-0.05, 0) is 57.8 Å². The van der Waals surface area contributed by atoms with Crippen LogP contribution in [0.25, 0.3) is 0 Å². The van der Waals surface area contributed by atoms with Crippen LogP contribution in [-0.2, 0) is 27.9 Å². The molecule has 0 fully saturated rings. The normalized spacial score (nSPS) is 14.9. The molecular formula is C40H71O9P. The van der Waals surface area contributed by atoms with E-state index in [1.165, 1.54) is 51.4 Å². The van der Waals surface area contributed by atoms with E-state index in [2.05, 4.69) is 74.6 Å². The third kappa shape index (κ3) is 36.0. The average Bonchev–Trinajstić information content (AvgIpc) is 3.10. The largest absolute Gasteiger partial charge is 0.472 e. The monoisotopic (exact) mass is 726 g/mol. The quantitative estimate of drug-likeness (QED) is 0.0250. The van der Waals surface area contributed by atoms with Crippen LogP contribution in [-0.4, -0.2) is 66.3 Å². The summed E-state index contributed by atoms with van der Waals surface area (Å²) in [5, 5.41) is 18.3. The van der Waals surface area contributed by atoms with Crippen molar-refractivity contribution in [1.82, 2.24) is 0 Å². The summed E-state index contributed by atoms with van der Waals surface area (Å²) in [6.07, 6.45) is 40.4. The van der Waals surface area contributed by atoms with Gasteiger partial charge in [0.15, 0.2) is 0 Å². The number of esters is 1. The van der Waals surface area contributed by atoms with Crippen molar-refractivity contribution in [2.45, 2.75) is 154 Å². The third-order valence-electron chi connectivity index (χ3n) is 7.72. The van der Waals surface area contributed by atoms with Gasteiger partial charge in [-0.25, -0.2) is 4.57 Å². The fourth-order valence-corrected chi connectivity index (χ4v) is 5.58. The molecule has 0 aliphatic carbocycles. The van der Waals surface area contributed by atoms with Crippen molar-refractivity contribution >= 4 is 13.8 Å². The number of phosphoric ester groups is 1. The minimum Gasteiger partial charge on any atom is -0.457 e. The molecule has 0 bridgehead atoms. The Kier molecular flexibility index (Phi) is 35.6. The number of hydrogen-bond donors (Lipinski definition) is 3. The first-order chi connectivity index (χ1) is 24.3. The Labute approximate surface area is 304 Å². The molecule has 290 valence electrons. The number of aliphatic hydroxyl groups is 2. The third-order valence-corrected chi connectivity index (χ3v) is 8.67. The molecule has 50 heavy (non-hydrogen) atoms. The molecule has 0 aliphatic rings. The number of ether oxygens (including phenoxy) is 2. The Morgan fingerprint density at radius 2 is 1.14 bits per heavy atom. The fourth-order valence-electron chi connectivity index (χ4n) is 4.79. The van der Waals surface area contributed by atoms with E-state index in [1.54, 1.807) is 0 Å².